The summed E-state index contributed by atoms with van der Waals surface area (Å²) in [6.45, 7) is 0. The average Bonchev–Trinajstić information content (AvgIpc) is 2.42. The van der Waals surface area contributed by atoms with Crippen molar-refractivity contribution in [3.8, 4) is 0 Å². The first kappa shape index (κ1) is 24.0. The molecular weight excluding hydrogens is 386 g/mol. The van der Waals surface area contributed by atoms with Crippen LogP contribution in [0.5, 0.6) is 0 Å². The Bertz CT molecular complexity index is 895. The van der Waals surface area contributed by atoms with Gasteiger partial charge in [-0.05, 0) is 17.7 Å². The molecule has 0 saturated carbocycles. The summed E-state index contributed by atoms with van der Waals surface area (Å²) in [6, 6.07) is 2.59. The van der Waals surface area contributed by atoms with E-state index < -0.39 is 36.8 Å². The third kappa shape index (κ3) is 4.78. The van der Waals surface area contributed by atoms with Crippen LogP contribution in [-0.2, 0) is 20.2 Å². The molecule has 2 N–H and O–H groups in total. The summed E-state index contributed by atoms with van der Waals surface area (Å²) in [7, 11) is -9.83. The van der Waals surface area contributed by atoms with Crippen LogP contribution >= 0.6 is 0 Å². The first-order valence-corrected chi connectivity index (χ1v) is 8.46. The van der Waals surface area contributed by atoms with Gasteiger partial charge in [-0.25, -0.2) is 16.8 Å². The molecule has 0 saturated heterocycles. The molecule has 0 fully saturated rings. The van der Waals surface area contributed by atoms with E-state index in [-0.39, 0.29) is 81.7 Å². The molecule has 0 radical (unpaired) electrons. The SMILES string of the molecule is O=S(=O)([O-])c1ccc2c(c1)C(S(=O)(=O)[O-])CC(=N\O)/C2=N/O.[Na+].[Na+]. The Morgan fingerprint density at radius 2 is 1.62 bits per heavy atom. The van der Waals surface area contributed by atoms with E-state index in [2.05, 4.69) is 10.3 Å². The van der Waals surface area contributed by atoms with E-state index >= 15 is 0 Å². The molecule has 10 nitrogen and oxygen atoms in total. The Kier molecular flexibility index (Phi) is 8.57. The number of nitrogens with zero attached hydrogens (tertiary/aromatic N) is 2. The minimum Gasteiger partial charge on any atom is -0.747 e. The van der Waals surface area contributed by atoms with Gasteiger partial charge in [0, 0.05) is 12.0 Å². The van der Waals surface area contributed by atoms with Crippen LogP contribution in [0.2, 0.25) is 0 Å². The number of hydrogen-bond acceptors (Lipinski definition) is 10. The first-order chi connectivity index (χ1) is 10.1. The Balaban J connectivity index is 0.00000264. The van der Waals surface area contributed by atoms with E-state index in [1.165, 1.54) is 0 Å². The topological polar surface area (TPSA) is 180 Å². The second-order valence-electron chi connectivity index (χ2n) is 4.38. The third-order valence-electron chi connectivity index (χ3n) is 3.13. The number of oxime groups is 2. The predicted molar refractivity (Wildman–Crippen MR) is 69.0 cm³/mol. The standard InChI is InChI=1S/C10H10N2O8S2.2Na/c13-11-8-4-9(22(18,19)20)7-3-5(21(15,16)17)1-2-6(7)10(8)12-14;;/h1-3,9,13-14H,4H2,(H,15,16,17)(H,18,19,20);;/q;2*+1/p-2/b11-8+,12-10+;;. The van der Waals surface area contributed by atoms with Crippen molar-refractivity contribution < 1.29 is 95.5 Å². The van der Waals surface area contributed by atoms with E-state index in [1.54, 1.807) is 0 Å². The van der Waals surface area contributed by atoms with E-state index in [1.807, 2.05) is 0 Å². The normalized spacial score (nSPS) is 20.8. The fourth-order valence-electron chi connectivity index (χ4n) is 2.17. The van der Waals surface area contributed by atoms with E-state index in [0.717, 1.165) is 18.2 Å². The molecule has 120 valence electrons. The molecule has 0 spiro atoms. The molecule has 0 aromatic heterocycles. The van der Waals surface area contributed by atoms with Crippen LogP contribution in [0.3, 0.4) is 0 Å². The maximum atomic E-state index is 11.3. The third-order valence-corrected chi connectivity index (χ3v) is 5.08. The number of fused-ring (bicyclic) bond motifs is 1. The van der Waals surface area contributed by atoms with Gasteiger partial charge in [-0.1, -0.05) is 16.4 Å². The summed E-state index contributed by atoms with van der Waals surface area (Å²) in [5.74, 6) is 0. The summed E-state index contributed by atoms with van der Waals surface area (Å²) in [6.07, 6.45) is -0.628. The van der Waals surface area contributed by atoms with E-state index in [4.69, 9.17) is 10.4 Å². The molecule has 1 aliphatic carbocycles. The van der Waals surface area contributed by atoms with Gasteiger partial charge in [-0.3, -0.25) is 0 Å². The molecule has 1 aromatic rings. The first-order valence-electron chi connectivity index (χ1n) is 5.58. The van der Waals surface area contributed by atoms with Crippen molar-refractivity contribution >= 4 is 31.7 Å². The smallest absolute Gasteiger partial charge is 0.747 e. The van der Waals surface area contributed by atoms with Crippen molar-refractivity contribution in [1.82, 2.24) is 0 Å². The average molecular weight is 394 g/mol. The molecule has 0 bridgehead atoms. The van der Waals surface area contributed by atoms with Crippen molar-refractivity contribution in [2.75, 3.05) is 0 Å². The molecular formula is C10H8N2Na2O8S2. The maximum Gasteiger partial charge on any atom is 1.00 e. The van der Waals surface area contributed by atoms with Crippen LogP contribution < -0.4 is 59.1 Å². The predicted octanol–water partition coefficient (Wildman–Crippen LogP) is -6.40. The van der Waals surface area contributed by atoms with Gasteiger partial charge in [-0.2, -0.15) is 0 Å². The molecule has 1 aliphatic rings. The Hall–Kier alpha value is -0.0200. The summed E-state index contributed by atoms with van der Waals surface area (Å²) >= 11 is 0. The summed E-state index contributed by atoms with van der Waals surface area (Å²) < 4.78 is 67.1. The van der Waals surface area contributed by atoms with Gasteiger partial charge in [-0.15, -0.1) is 0 Å². The van der Waals surface area contributed by atoms with Gasteiger partial charge in [0.15, 0.2) is 0 Å². The zero-order valence-corrected chi connectivity index (χ0v) is 18.2. The molecule has 24 heavy (non-hydrogen) atoms. The van der Waals surface area contributed by atoms with Gasteiger partial charge < -0.3 is 19.5 Å². The number of hydrogen-bond donors (Lipinski definition) is 2. The monoisotopic (exact) mass is 394 g/mol. The fraction of sp³-hybridized carbons (Fsp3) is 0.200. The van der Waals surface area contributed by atoms with Crippen LogP contribution in [0.4, 0.5) is 0 Å². The van der Waals surface area contributed by atoms with Crippen molar-refractivity contribution in [3.05, 3.63) is 29.3 Å². The van der Waals surface area contributed by atoms with Crippen LogP contribution in [0, 0.1) is 0 Å². The zero-order chi connectivity index (χ0) is 16.7. The number of rotatable bonds is 2. The van der Waals surface area contributed by atoms with Gasteiger partial charge in [0.05, 0.1) is 10.1 Å². The molecule has 2 rings (SSSR count). The van der Waals surface area contributed by atoms with Gasteiger partial charge in [0.2, 0.25) is 0 Å². The van der Waals surface area contributed by atoms with Gasteiger partial charge in [0.1, 0.15) is 31.7 Å². The van der Waals surface area contributed by atoms with E-state index in [0.29, 0.717) is 0 Å². The van der Waals surface area contributed by atoms with Crippen molar-refractivity contribution in [2.45, 2.75) is 16.6 Å². The Morgan fingerprint density at radius 3 is 2.04 bits per heavy atom. The fourth-order valence-corrected chi connectivity index (χ4v) is 3.55. The maximum absolute atomic E-state index is 11.3. The Labute approximate surface area is 181 Å². The Morgan fingerprint density at radius 1 is 1.04 bits per heavy atom. The van der Waals surface area contributed by atoms with Crippen LogP contribution in [0.25, 0.3) is 0 Å². The molecule has 1 unspecified atom stereocenters. The minimum atomic E-state index is -4.95. The molecule has 0 amide bonds. The summed E-state index contributed by atoms with van der Waals surface area (Å²) in [5.41, 5.74) is -1.13. The van der Waals surface area contributed by atoms with Crippen molar-refractivity contribution in [3.63, 3.8) is 0 Å². The second kappa shape index (κ2) is 8.58. The molecule has 0 heterocycles. The van der Waals surface area contributed by atoms with Crippen molar-refractivity contribution in [2.24, 2.45) is 10.3 Å². The minimum absolute atomic E-state index is 0. The zero-order valence-electron chi connectivity index (χ0n) is 12.6. The second-order valence-corrected chi connectivity index (χ2v) is 7.32. The number of benzene rings is 1. The van der Waals surface area contributed by atoms with Crippen LogP contribution in [-0.4, -0.2) is 47.8 Å². The van der Waals surface area contributed by atoms with Gasteiger partial charge in [0.25, 0.3) is 0 Å². The molecule has 14 heteroatoms. The van der Waals surface area contributed by atoms with Crippen molar-refractivity contribution in [1.29, 1.82) is 0 Å². The molecule has 1 atom stereocenters. The van der Waals surface area contributed by atoms with Gasteiger partial charge >= 0.3 is 59.1 Å². The summed E-state index contributed by atoms with van der Waals surface area (Å²) in [4.78, 5) is -0.735. The van der Waals surface area contributed by atoms with Crippen LogP contribution in [0.1, 0.15) is 22.8 Å². The largest absolute Gasteiger partial charge is 1.00 e. The summed E-state index contributed by atoms with van der Waals surface area (Å²) in [5, 5.41) is 21.6. The molecule has 0 aliphatic heterocycles. The quantitative estimate of drug-likeness (QED) is 0.215. The van der Waals surface area contributed by atoms with E-state index in [9.17, 15) is 25.9 Å². The molecule has 1 aromatic carbocycles. The van der Waals surface area contributed by atoms with Crippen LogP contribution in [0.15, 0.2) is 33.4 Å².